The first-order chi connectivity index (χ1) is 15.0. The summed E-state index contributed by atoms with van der Waals surface area (Å²) < 4.78 is 0. The van der Waals surface area contributed by atoms with Gasteiger partial charge in [0.25, 0.3) is 0 Å². The van der Waals surface area contributed by atoms with Crippen molar-refractivity contribution in [3.05, 3.63) is 71.8 Å². The summed E-state index contributed by atoms with van der Waals surface area (Å²) in [6.07, 6.45) is 0. The third-order valence-electron chi connectivity index (χ3n) is 3.11. The maximum absolute atomic E-state index is 4.85. The molecule has 0 aliphatic carbocycles. The summed E-state index contributed by atoms with van der Waals surface area (Å²) in [5.41, 5.74) is 14.3. The minimum atomic E-state index is 0.750. The molecular formula is C27H50N4. The van der Waals surface area contributed by atoms with Crippen molar-refractivity contribution in [2.45, 2.75) is 62.3 Å². The molecule has 0 bridgehead atoms. The Balaban J connectivity index is -0.000000167. The second-order valence-corrected chi connectivity index (χ2v) is 5.42. The van der Waals surface area contributed by atoms with Gasteiger partial charge in [0.05, 0.1) is 0 Å². The van der Waals surface area contributed by atoms with Gasteiger partial charge in [0, 0.05) is 25.0 Å². The Morgan fingerprint density at radius 2 is 0.935 bits per heavy atom. The molecule has 0 atom stereocenters. The van der Waals surface area contributed by atoms with E-state index in [1.54, 1.807) is 0 Å². The van der Waals surface area contributed by atoms with Crippen LogP contribution in [0.2, 0.25) is 0 Å². The monoisotopic (exact) mass is 430 g/mol. The molecule has 2 aromatic rings. The number of benzene rings is 2. The van der Waals surface area contributed by atoms with Crippen LogP contribution in [0.4, 0.5) is 0 Å². The molecule has 0 radical (unpaired) electrons. The van der Waals surface area contributed by atoms with Crippen molar-refractivity contribution in [2.75, 3.05) is 26.7 Å². The molecule has 4 nitrogen and oxygen atoms in total. The van der Waals surface area contributed by atoms with Gasteiger partial charge in [-0.2, -0.15) is 0 Å². The Kier molecular flexibility index (Phi) is 37.7. The molecular weight excluding hydrogens is 380 g/mol. The number of rotatable bonds is 3. The average Bonchev–Trinajstić information content (AvgIpc) is 2.84. The highest BCUT2D eigenvalue weighted by Crippen LogP contribution is 2.00. The van der Waals surface area contributed by atoms with Crippen LogP contribution in [0.5, 0.6) is 0 Å². The second-order valence-electron chi connectivity index (χ2n) is 5.42. The average molecular weight is 431 g/mol. The van der Waals surface area contributed by atoms with Crippen LogP contribution in [0, 0.1) is 0 Å². The van der Waals surface area contributed by atoms with Crippen LogP contribution in [0.15, 0.2) is 70.6 Å². The quantitative estimate of drug-likeness (QED) is 0.536. The van der Waals surface area contributed by atoms with Crippen LogP contribution >= 0.6 is 0 Å². The number of nitrogens with zero attached hydrogens (tertiary/aromatic N) is 2. The third kappa shape index (κ3) is 25.7. The lowest BCUT2D eigenvalue weighted by Gasteiger charge is -1.97. The molecule has 0 aromatic heterocycles. The summed E-state index contributed by atoms with van der Waals surface area (Å²) in [6, 6.07) is 20.4. The van der Waals surface area contributed by atoms with E-state index in [-0.39, 0.29) is 0 Å². The van der Waals surface area contributed by atoms with Gasteiger partial charge < -0.3 is 11.5 Å². The van der Waals surface area contributed by atoms with Gasteiger partial charge in [-0.05, 0) is 45.0 Å². The zero-order valence-corrected chi connectivity index (χ0v) is 21.9. The topological polar surface area (TPSA) is 76.8 Å². The minimum Gasteiger partial charge on any atom is -0.331 e. The fourth-order valence-electron chi connectivity index (χ4n) is 1.82. The zero-order chi connectivity index (χ0) is 24.9. The number of hydrogen-bond donors (Lipinski definition) is 2. The Hall–Kier alpha value is -2.30. The van der Waals surface area contributed by atoms with Crippen LogP contribution in [0.3, 0.4) is 0 Å². The first-order valence-electron chi connectivity index (χ1n) is 11.5. The predicted octanol–water partition coefficient (Wildman–Crippen LogP) is 6.62. The number of hydrogen-bond acceptors (Lipinski definition) is 4. The molecule has 4 N–H and O–H groups in total. The first-order valence-corrected chi connectivity index (χ1v) is 11.5. The molecule has 0 aliphatic rings. The third-order valence-corrected chi connectivity index (χ3v) is 3.11. The van der Waals surface area contributed by atoms with Gasteiger partial charge >= 0.3 is 0 Å². The van der Waals surface area contributed by atoms with E-state index in [1.165, 1.54) is 11.1 Å². The Bertz CT molecular complexity index is 604. The lowest BCUT2D eigenvalue weighted by molar-refractivity contribution is 1.13. The van der Waals surface area contributed by atoms with Gasteiger partial charge in [-0.1, -0.05) is 102 Å². The molecule has 0 saturated carbocycles. The summed E-state index contributed by atoms with van der Waals surface area (Å²) >= 11 is 0. The maximum Gasteiger partial charge on any atom is 0.0389 e. The van der Waals surface area contributed by atoms with Crippen molar-refractivity contribution in [1.82, 2.24) is 0 Å². The fourth-order valence-corrected chi connectivity index (χ4v) is 1.82. The first kappa shape index (κ1) is 36.1. The van der Waals surface area contributed by atoms with Crippen LogP contribution in [-0.4, -0.2) is 38.1 Å². The smallest absolute Gasteiger partial charge is 0.0389 e. The molecule has 2 aromatic carbocycles. The Morgan fingerprint density at radius 1 is 0.645 bits per heavy atom. The van der Waals surface area contributed by atoms with Crippen molar-refractivity contribution in [2.24, 2.45) is 21.5 Å². The summed E-state index contributed by atoms with van der Waals surface area (Å²) in [4.78, 5) is 8.39. The van der Waals surface area contributed by atoms with Crippen molar-refractivity contribution >= 4 is 11.4 Å². The lowest BCUT2D eigenvalue weighted by Crippen LogP contribution is -1.93. The van der Waals surface area contributed by atoms with Crippen LogP contribution in [-0.2, 0) is 0 Å². The van der Waals surface area contributed by atoms with Crippen LogP contribution in [0.25, 0.3) is 0 Å². The highest BCUT2D eigenvalue weighted by Gasteiger charge is 1.92. The molecule has 0 saturated heterocycles. The van der Waals surface area contributed by atoms with E-state index >= 15 is 0 Å². The van der Waals surface area contributed by atoms with Gasteiger partial charge in [-0.15, -0.1) is 0 Å². The second kappa shape index (κ2) is 32.4. The summed E-state index contributed by atoms with van der Waals surface area (Å²) in [5.74, 6) is 0. The summed E-state index contributed by atoms with van der Waals surface area (Å²) in [7, 11) is 1.81. The largest absolute Gasteiger partial charge is 0.331 e. The van der Waals surface area contributed by atoms with Gasteiger partial charge in [-0.3, -0.25) is 9.98 Å². The van der Waals surface area contributed by atoms with Crippen molar-refractivity contribution < 1.29 is 0 Å². The summed E-state index contributed by atoms with van der Waals surface area (Å²) in [5, 5.41) is 0. The fraction of sp³-hybridized carbons (Fsp3) is 0.481. The van der Waals surface area contributed by atoms with Crippen LogP contribution < -0.4 is 11.5 Å². The summed E-state index contributed by atoms with van der Waals surface area (Å²) in [6.45, 7) is 20.3. The molecule has 31 heavy (non-hydrogen) atoms. The van der Waals surface area contributed by atoms with Gasteiger partial charge in [0.15, 0.2) is 0 Å². The van der Waals surface area contributed by atoms with E-state index in [0.29, 0.717) is 0 Å². The Morgan fingerprint density at radius 3 is 1.19 bits per heavy atom. The molecule has 0 spiro atoms. The van der Waals surface area contributed by atoms with E-state index < -0.39 is 0 Å². The van der Waals surface area contributed by atoms with E-state index in [1.807, 2.05) is 106 Å². The molecule has 4 heteroatoms. The van der Waals surface area contributed by atoms with Crippen molar-refractivity contribution in [1.29, 1.82) is 0 Å². The molecule has 0 aliphatic heterocycles. The maximum atomic E-state index is 4.85. The Labute approximate surface area is 193 Å². The molecule has 0 unspecified atom stereocenters. The molecule has 0 fully saturated rings. The van der Waals surface area contributed by atoms with E-state index in [4.69, 9.17) is 11.5 Å². The molecule has 0 heterocycles. The standard InChI is InChI=1S/C10H13N.C9H11N.2C2H7N.2C2H6/c1-3-11-9(2)10-7-5-4-6-8-10;1-8(10-2)9-6-4-3-5-7-9;2*1-2-3;2*1-2/h4-8H,3H2,1-2H3;3-7H,1-2H3;2*2-3H2,1H3;2*1-2H3. The highest BCUT2D eigenvalue weighted by molar-refractivity contribution is 5.99. The van der Waals surface area contributed by atoms with Gasteiger partial charge in [-0.25, -0.2) is 0 Å². The van der Waals surface area contributed by atoms with E-state index in [9.17, 15) is 0 Å². The lowest BCUT2D eigenvalue weighted by atomic mass is 10.1. The molecule has 2 rings (SSSR count). The number of nitrogens with two attached hydrogens (primary N) is 2. The highest BCUT2D eigenvalue weighted by atomic mass is 14.7. The van der Waals surface area contributed by atoms with Crippen molar-refractivity contribution in [3.8, 4) is 0 Å². The number of aliphatic imine (C=N–C) groups is 2. The normalized spacial score (nSPS) is 9.42. The minimum absolute atomic E-state index is 0.750. The SMILES string of the molecule is CC.CC.CCN.CCN.CCN=C(C)c1ccccc1.CN=C(C)c1ccccc1. The molecule has 178 valence electrons. The predicted molar refractivity (Wildman–Crippen MR) is 146 cm³/mol. The van der Waals surface area contributed by atoms with Gasteiger partial charge in [0.1, 0.15) is 0 Å². The van der Waals surface area contributed by atoms with E-state index in [2.05, 4.69) is 34.3 Å². The van der Waals surface area contributed by atoms with Crippen LogP contribution in [0.1, 0.15) is 73.4 Å². The van der Waals surface area contributed by atoms with Gasteiger partial charge in [0.2, 0.25) is 0 Å². The van der Waals surface area contributed by atoms with Crippen molar-refractivity contribution in [3.63, 3.8) is 0 Å². The zero-order valence-electron chi connectivity index (χ0n) is 21.9. The van der Waals surface area contributed by atoms with E-state index in [0.717, 1.165) is 31.1 Å². The molecule has 0 amide bonds.